The molecule has 4 nitrogen and oxygen atoms in total. The first kappa shape index (κ1) is 19.4. The smallest absolute Gasteiger partial charge is 0.422 e. The Bertz CT molecular complexity index is 773. The zero-order valence-electron chi connectivity index (χ0n) is 14.0. The number of halogens is 3. The standard InChI is InChI=1S/C19H18F3NO3/c1-25-16-6-2-4-14(10-16)8-9-18(24)23-12-15-5-3-7-17(11-15)26-13-19(20,21)22/h2-11H,12-13H2,1H3,(H,23,24)/b9-8+. The molecule has 2 rings (SSSR count). The van der Waals surface area contributed by atoms with Gasteiger partial charge >= 0.3 is 6.18 Å². The molecule has 0 aliphatic heterocycles. The van der Waals surface area contributed by atoms with Crippen molar-refractivity contribution in [3.05, 3.63) is 65.7 Å². The molecule has 2 aromatic carbocycles. The highest BCUT2D eigenvalue weighted by Gasteiger charge is 2.28. The topological polar surface area (TPSA) is 47.6 Å². The molecule has 0 radical (unpaired) electrons. The van der Waals surface area contributed by atoms with Crippen molar-refractivity contribution in [2.45, 2.75) is 12.7 Å². The SMILES string of the molecule is COc1cccc(/C=C/C(=O)NCc2cccc(OCC(F)(F)F)c2)c1. The molecule has 0 atom stereocenters. The van der Waals surface area contributed by atoms with Crippen LogP contribution in [-0.2, 0) is 11.3 Å². The quantitative estimate of drug-likeness (QED) is 0.756. The lowest BCUT2D eigenvalue weighted by molar-refractivity contribution is -0.153. The molecule has 2 aromatic rings. The summed E-state index contributed by atoms with van der Waals surface area (Å²) in [5.41, 5.74) is 1.44. The monoisotopic (exact) mass is 365 g/mol. The Labute approximate surface area is 149 Å². The molecule has 0 saturated heterocycles. The highest BCUT2D eigenvalue weighted by molar-refractivity contribution is 5.91. The van der Waals surface area contributed by atoms with Crippen molar-refractivity contribution in [2.75, 3.05) is 13.7 Å². The van der Waals surface area contributed by atoms with E-state index in [2.05, 4.69) is 10.1 Å². The van der Waals surface area contributed by atoms with Crippen molar-refractivity contribution < 1.29 is 27.4 Å². The molecule has 0 saturated carbocycles. The van der Waals surface area contributed by atoms with E-state index in [9.17, 15) is 18.0 Å². The number of carbonyl (C=O) groups excluding carboxylic acids is 1. The van der Waals surface area contributed by atoms with Gasteiger partial charge in [-0.1, -0.05) is 24.3 Å². The van der Waals surface area contributed by atoms with Crippen molar-refractivity contribution >= 4 is 12.0 Å². The van der Waals surface area contributed by atoms with Crippen molar-refractivity contribution in [3.8, 4) is 11.5 Å². The normalized spacial score (nSPS) is 11.4. The van der Waals surface area contributed by atoms with E-state index in [0.717, 1.165) is 5.56 Å². The Hall–Kier alpha value is -2.96. The van der Waals surface area contributed by atoms with E-state index in [1.54, 1.807) is 37.5 Å². The van der Waals surface area contributed by atoms with Crippen molar-refractivity contribution in [1.29, 1.82) is 0 Å². The van der Waals surface area contributed by atoms with Gasteiger partial charge in [-0.2, -0.15) is 13.2 Å². The molecule has 7 heteroatoms. The maximum Gasteiger partial charge on any atom is 0.422 e. The number of ether oxygens (including phenoxy) is 2. The maximum atomic E-state index is 12.2. The second-order valence-electron chi connectivity index (χ2n) is 5.38. The molecule has 1 amide bonds. The molecule has 0 bridgehead atoms. The highest BCUT2D eigenvalue weighted by Crippen LogP contribution is 2.19. The Kier molecular flexibility index (Phi) is 6.66. The van der Waals surface area contributed by atoms with E-state index >= 15 is 0 Å². The predicted octanol–water partition coefficient (Wildman–Crippen LogP) is 3.97. The summed E-state index contributed by atoms with van der Waals surface area (Å²) in [6.45, 7) is -1.18. The zero-order valence-corrected chi connectivity index (χ0v) is 14.0. The summed E-state index contributed by atoms with van der Waals surface area (Å²) in [6.07, 6.45) is -1.38. The fraction of sp³-hybridized carbons (Fsp3) is 0.211. The van der Waals surface area contributed by atoms with Gasteiger partial charge in [-0.25, -0.2) is 0 Å². The van der Waals surface area contributed by atoms with Crippen LogP contribution in [0.1, 0.15) is 11.1 Å². The van der Waals surface area contributed by atoms with Gasteiger partial charge in [0.25, 0.3) is 0 Å². The number of alkyl halides is 3. The minimum Gasteiger partial charge on any atom is -0.497 e. The van der Waals surface area contributed by atoms with Crippen LogP contribution < -0.4 is 14.8 Å². The van der Waals surface area contributed by atoms with Crippen molar-refractivity contribution in [1.82, 2.24) is 5.32 Å². The minimum atomic E-state index is -4.39. The summed E-state index contributed by atoms with van der Waals surface area (Å²) >= 11 is 0. The van der Waals surface area contributed by atoms with Gasteiger partial charge in [0, 0.05) is 12.6 Å². The van der Waals surface area contributed by atoms with Crippen LogP contribution in [0.5, 0.6) is 11.5 Å². The second kappa shape index (κ2) is 8.94. The molecule has 1 N–H and O–H groups in total. The largest absolute Gasteiger partial charge is 0.497 e. The Morgan fingerprint density at radius 3 is 2.58 bits per heavy atom. The number of hydrogen-bond donors (Lipinski definition) is 1. The minimum absolute atomic E-state index is 0.0981. The average molecular weight is 365 g/mol. The number of rotatable bonds is 7. The van der Waals surface area contributed by atoms with Crippen LogP contribution in [0.4, 0.5) is 13.2 Å². The summed E-state index contributed by atoms with van der Waals surface area (Å²) in [6, 6.07) is 13.4. The van der Waals surface area contributed by atoms with Crippen LogP contribution in [0.3, 0.4) is 0 Å². The molecule has 0 spiro atoms. The van der Waals surface area contributed by atoms with E-state index in [4.69, 9.17) is 4.74 Å². The van der Waals surface area contributed by atoms with E-state index in [0.29, 0.717) is 11.3 Å². The van der Waals surface area contributed by atoms with Crippen LogP contribution in [0, 0.1) is 0 Å². The Morgan fingerprint density at radius 2 is 1.85 bits per heavy atom. The van der Waals surface area contributed by atoms with Gasteiger partial charge in [0.1, 0.15) is 11.5 Å². The first-order chi connectivity index (χ1) is 12.4. The molecular weight excluding hydrogens is 347 g/mol. The fourth-order valence-corrected chi connectivity index (χ4v) is 2.08. The molecule has 0 heterocycles. The van der Waals surface area contributed by atoms with Gasteiger partial charge < -0.3 is 14.8 Å². The van der Waals surface area contributed by atoms with Crippen LogP contribution in [0.2, 0.25) is 0 Å². The van der Waals surface area contributed by atoms with E-state index in [1.807, 2.05) is 12.1 Å². The van der Waals surface area contributed by atoms with Crippen molar-refractivity contribution in [2.24, 2.45) is 0 Å². The fourth-order valence-electron chi connectivity index (χ4n) is 2.08. The van der Waals surface area contributed by atoms with Gasteiger partial charge in [0.05, 0.1) is 7.11 Å². The van der Waals surface area contributed by atoms with Crippen LogP contribution in [0.15, 0.2) is 54.6 Å². The molecule has 0 aliphatic carbocycles. The van der Waals surface area contributed by atoms with E-state index in [1.165, 1.54) is 18.2 Å². The molecule has 0 unspecified atom stereocenters. The first-order valence-corrected chi connectivity index (χ1v) is 7.74. The van der Waals surface area contributed by atoms with Gasteiger partial charge in [0.15, 0.2) is 6.61 Å². The molecule has 0 aromatic heterocycles. The third-order valence-corrected chi connectivity index (χ3v) is 3.29. The van der Waals surface area contributed by atoms with Gasteiger partial charge in [0.2, 0.25) is 5.91 Å². The Morgan fingerprint density at radius 1 is 1.12 bits per heavy atom. The number of benzene rings is 2. The zero-order chi connectivity index (χ0) is 19.0. The van der Waals surface area contributed by atoms with Crippen molar-refractivity contribution in [3.63, 3.8) is 0 Å². The average Bonchev–Trinajstić information content (AvgIpc) is 2.63. The third kappa shape index (κ3) is 6.88. The lowest BCUT2D eigenvalue weighted by Crippen LogP contribution is -2.21. The number of hydrogen-bond acceptors (Lipinski definition) is 3. The second-order valence-corrected chi connectivity index (χ2v) is 5.38. The lowest BCUT2D eigenvalue weighted by atomic mass is 10.2. The summed E-state index contributed by atoms with van der Waals surface area (Å²) in [7, 11) is 1.56. The maximum absolute atomic E-state index is 12.2. The van der Waals surface area contributed by atoms with Crippen LogP contribution in [0.25, 0.3) is 6.08 Å². The summed E-state index contributed by atoms with van der Waals surface area (Å²) in [5.74, 6) is 0.457. The summed E-state index contributed by atoms with van der Waals surface area (Å²) in [4.78, 5) is 11.9. The summed E-state index contributed by atoms with van der Waals surface area (Å²) < 4.78 is 46.3. The molecule has 0 aliphatic rings. The third-order valence-electron chi connectivity index (χ3n) is 3.29. The first-order valence-electron chi connectivity index (χ1n) is 7.74. The highest BCUT2D eigenvalue weighted by atomic mass is 19.4. The number of carbonyl (C=O) groups is 1. The predicted molar refractivity (Wildman–Crippen MR) is 91.9 cm³/mol. The number of amides is 1. The lowest BCUT2D eigenvalue weighted by Gasteiger charge is -2.10. The number of methoxy groups -OCH3 is 1. The van der Waals surface area contributed by atoms with E-state index in [-0.39, 0.29) is 18.2 Å². The van der Waals surface area contributed by atoms with Gasteiger partial charge in [-0.05, 0) is 41.5 Å². The summed E-state index contributed by atoms with van der Waals surface area (Å²) in [5, 5.41) is 2.66. The molecule has 0 fully saturated rings. The van der Waals surface area contributed by atoms with Gasteiger partial charge in [-0.15, -0.1) is 0 Å². The van der Waals surface area contributed by atoms with Crippen LogP contribution >= 0.6 is 0 Å². The Balaban J connectivity index is 1.87. The van der Waals surface area contributed by atoms with E-state index < -0.39 is 12.8 Å². The molecule has 26 heavy (non-hydrogen) atoms. The van der Waals surface area contributed by atoms with Crippen LogP contribution in [-0.4, -0.2) is 25.8 Å². The molecular formula is C19H18F3NO3. The number of nitrogens with one attached hydrogen (secondary N) is 1. The molecule has 138 valence electrons. The van der Waals surface area contributed by atoms with Gasteiger partial charge in [-0.3, -0.25) is 4.79 Å².